The van der Waals surface area contributed by atoms with Crippen LogP contribution in [0.4, 0.5) is 19.0 Å². The van der Waals surface area contributed by atoms with Crippen molar-refractivity contribution in [3.8, 4) is 11.8 Å². The van der Waals surface area contributed by atoms with E-state index in [1.54, 1.807) is 4.90 Å². The van der Waals surface area contributed by atoms with Crippen molar-refractivity contribution in [2.75, 3.05) is 36.8 Å². The third kappa shape index (κ3) is 7.12. The van der Waals surface area contributed by atoms with E-state index >= 15 is 0 Å². The smallest absolute Gasteiger partial charge is 0.354 e. The number of pyridine rings is 1. The summed E-state index contributed by atoms with van der Waals surface area (Å²) < 4.78 is 64.5. The molecule has 0 aliphatic carbocycles. The van der Waals surface area contributed by atoms with Crippen LogP contribution in [0.25, 0.3) is 0 Å². The molecule has 1 saturated heterocycles. The number of nitrogens with one attached hydrogen (secondary N) is 1. The van der Waals surface area contributed by atoms with Gasteiger partial charge in [0.05, 0.1) is 11.3 Å². The van der Waals surface area contributed by atoms with Gasteiger partial charge in [-0.05, 0) is 18.6 Å². The molecule has 2 N–H and O–H groups in total. The maximum absolute atomic E-state index is 12.7. The number of nitrogens with zero attached hydrogens (tertiary/aromatic N) is 3. The van der Waals surface area contributed by atoms with Crippen LogP contribution in [0, 0.1) is 11.8 Å². The minimum Gasteiger partial charge on any atom is -0.354 e. The fourth-order valence-electron chi connectivity index (χ4n) is 3.02. The molecule has 1 aliphatic heterocycles. The molecule has 0 saturated carbocycles. The van der Waals surface area contributed by atoms with Crippen molar-refractivity contribution in [3.05, 3.63) is 23.9 Å². The zero-order chi connectivity index (χ0) is 22.2. The molecule has 2 heterocycles. The number of piperazine rings is 1. The molecule has 1 aliphatic rings. The summed E-state index contributed by atoms with van der Waals surface area (Å²) in [4.78, 5) is 5.59. The van der Waals surface area contributed by atoms with Crippen molar-refractivity contribution in [1.29, 1.82) is 0 Å². The summed E-state index contributed by atoms with van der Waals surface area (Å²) in [5.41, 5.74) is 1.12. The molecule has 1 unspecified atom stereocenters. The van der Waals surface area contributed by atoms with E-state index in [9.17, 15) is 26.8 Å². The molecule has 1 fully saturated rings. The van der Waals surface area contributed by atoms with Crippen molar-refractivity contribution < 1.29 is 26.8 Å². The van der Waals surface area contributed by atoms with E-state index in [-0.39, 0.29) is 18.8 Å². The van der Waals surface area contributed by atoms with Crippen molar-refractivity contribution in [2.24, 2.45) is 0 Å². The van der Waals surface area contributed by atoms with Crippen LogP contribution in [0.1, 0.15) is 38.2 Å². The molecule has 2 rings (SSSR count). The molecular weight excluding hydrogens is 421 g/mol. The number of sulfonamides is 1. The van der Waals surface area contributed by atoms with Crippen LogP contribution >= 0.6 is 0 Å². The van der Waals surface area contributed by atoms with Gasteiger partial charge in [-0.2, -0.15) is 23.0 Å². The Labute approximate surface area is 175 Å². The maximum Gasteiger partial charge on any atom is 0.417 e. The lowest BCUT2D eigenvalue weighted by Gasteiger charge is -2.35. The number of hydrogen-bond acceptors (Lipinski definition) is 6. The summed E-state index contributed by atoms with van der Waals surface area (Å²) in [6.45, 7) is 3.03. The maximum atomic E-state index is 12.7. The molecule has 0 radical (unpaired) electrons. The first-order valence-corrected chi connectivity index (χ1v) is 11.4. The number of anilines is 1. The van der Waals surface area contributed by atoms with Crippen LogP contribution < -0.4 is 10.4 Å². The van der Waals surface area contributed by atoms with Crippen LogP contribution in [0.2, 0.25) is 0 Å². The zero-order valence-corrected chi connectivity index (χ0v) is 17.6. The van der Waals surface area contributed by atoms with Crippen molar-refractivity contribution in [3.63, 3.8) is 0 Å². The molecule has 1 aromatic heterocycles. The average molecular weight is 449 g/mol. The molecular formula is C19H27F3N4O3S. The van der Waals surface area contributed by atoms with Crippen molar-refractivity contribution >= 4 is 15.8 Å². The second kappa shape index (κ2) is 10.9. The fourth-order valence-corrected chi connectivity index (χ4v) is 4.53. The van der Waals surface area contributed by atoms with Gasteiger partial charge in [0.1, 0.15) is 11.9 Å². The van der Waals surface area contributed by atoms with Gasteiger partial charge in [0.25, 0.3) is 0 Å². The molecule has 0 spiro atoms. The van der Waals surface area contributed by atoms with Gasteiger partial charge < -0.3 is 10.1 Å². The van der Waals surface area contributed by atoms with Crippen LogP contribution in [0.5, 0.6) is 0 Å². The second-order valence-electron chi connectivity index (χ2n) is 7.03. The molecule has 30 heavy (non-hydrogen) atoms. The van der Waals surface area contributed by atoms with E-state index < -0.39 is 27.8 Å². The Kier molecular flexibility index (Phi) is 8.91. The van der Waals surface area contributed by atoms with E-state index in [4.69, 9.17) is 0 Å². The van der Waals surface area contributed by atoms with Crippen molar-refractivity contribution in [1.82, 2.24) is 14.8 Å². The van der Waals surface area contributed by atoms with Crippen LogP contribution in [0.3, 0.4) is 0 Å². The summed E-state index contributed by atoms with van der Waals surface area (Å²) in [6.07, 6.45) is -0.00316. The Balaban J connectivity index is 1.91. The molecule has 11 heteroatoms. The summed E-state index contributed by atoms with van der Waals surface area (Å²) in [5.74, 6) is 5.64. The minimum absolute atomic E-state index is 0.174. The molecule has 0 bridgehead atoms. The largest absolute Gasteiger partial charge is 0.417 e. The third-order valence-electron chi connectivity index (χ3n) is 4.75. The molecule has 0 aromatic carbocycles. The highest BCUT2D eigenvalue weighted by molar-refractivity contribution is 7.89. The predicted molar refractivity (Wildman–Crippen MR) is 107 cm³/mol. The van der Waals surface area contributed by atoms with E-state index in [2.05, 4.69) is 23.7 Å². The van der Waals surface area contributed by atoms with E-state index in [1.807, 2.05) is 5.48 Å². The minimum atomic E-state index is -4.45. The van der Waals surface area contributed by atoms with E-state index in [0.717, 1.165) is 31.5 Å². The number of halogens is 3. The van der Waals surface area contributed by atoms with Gasteiger partial charge in [-0.15, -0.1) is 5.92 Å². The lowest BCUT2D eigenvalue weighted by atomic mass is 10.2. The number of hydroxylamine groups is 1. The second-order valence-corrected chi connectivity index (χ2v) is 9.04. The molecule has 7 nitrogen and oxygen atoms in total. The Bertz CT molecular complexity index is 827. The number of rotatable bonds is 8. The fraction of sp³-hybridized carbons (Fsp3) is 0.632. The van der Waals surface area contributed by atoms with E-state index in [1.165, 1.54) is 10.4 Å². The highest BCUT2D eigenvalue weighted by atomic mass is 32.2. The molecule has 0 amide bonds. The SMILES string of the molecule is CCCCCC#CC(CS(=O)(=O)N1CCN(c2ccc(C(F)(F)F)cn2)CC1)NO. The first kappa shape index (κ1) is 24.4. The van der Waals surface area contributed by atoms with Crippen LogP contribution in [0.15, 0.2) is 18.3 Å². The lowest BCUT2D eigenvalue weighted by Crippen LogP contribution is -2.51. The zero-order valence-electron chi connectivity index (χ0n) is 16.8. The summed E-state index contributed by atoms with van der Waals surface area (Å²) in [5, 5.41) is 9.23. The van der Waals surface area contributed by atoms with E-state index in [0.29, 0.717) is 25.3 Å². The van der Waals surface area contributed by atoms with Crippen LogP contribution in [-0.2, 0) is 16.2 Å². The van der Waals surface area contributed by atoms with Gasteiger partial charge in [0.2, 0.25) is 10.0 Å². The molecule has 168 valence electrons. The lowest BCUT2D eigenvalue weighted by molar-refractivity contribution is -0.137. The highest BCUT2D eigenvalue weighted by Gasteiger charge is 2.32. The Morgan fingerprint density at radius 2 is 1.93 bits per heavy atom. The first-order chi connectivity index (χ1) is 14.2. The normalized spacial score (nSPS) is 16.8. The predicted octanol–water partition coefficient (Wildman–Crippen LogP) is 2.48. The number of hydrogen-bond donors (Lipinski definition) is 2. The first-order valence-electron chi connectivity index (χ1n) is 9.81. The topological polar surface area (TPSA) is 85.8 Å². The average Bonchev–Trinajstić information content (AvgIpc) is 2.72. The number of aromatic nitrogens is 1. The Hall–Kier alpha value is -1.87. The van der Waals surface area contributed by atoms with Crippen LogP contribution in [-0.4, -0.2) is 60.9 Å². The number of unbranched alkanes of at least 4 members (excludes halogenated alkanes) is 3. The van der Waals surface area contributed by atoms with Gasteiger partial charge in [0.15, 0.2) is 0 Å². The summed E-state index contributed by atoms with van der Waals surface area (Å²) in [6, 6.07) is 1.36. The Morgan fingerprint density at radius 3 is 2.47 bits per heavy atom. The molecule has 1 atom stereocenters. The molecule has 1 aromatic rings. The summed E-state index contributed by atoms with van der Waals surface area (Å²) >= 11 is 0. The summed E-state index contributed by atoms with van der Waals surface area (Å²) in [7, 11) is -3.66. The standard InChI is InChI=1S/C19H27F3N4O3S/c1-2-3-4-5-6-7-17(24-27)15-30(28,29)26-12-10-25(11-13-26)18-9-8-16(14-23-18)19(20,21)22/h8-9,14,17,24,27H,2-5,10-13,15H2,1H3. The highest BCUT2D eigenvalue weighted by Crippen LogP contribution is 2.29. The van der Waals surface area contributed by atoms with Gasteiger partial charge >= 0.3 is 6.18 Å². The van der Waals surface area contributed by atoms with Gasteiger partial charge in [-0.3, -0.25) is 0 Å². The van der Waals surface area contributed by atoms with Crippen molar-refractivity contribution in [2.45, 2.75) is 44.8 Å². The monoisotopic (exact) mass is 448 g/mol. The third-order valence-corrected chi connectivity index (χ3v) is 6.65. The Morgan fingerprint density at radius 1 is 1.23 bits per heavy atom. The quantitative estimate of drug-likeness (QED) is 0.361. The number of alkyl halides is 3. The van der Waals surface area contributed by atoms with Gasteiger partial charge in [-0.25, -0.2) is 13.4 Å². The van der Waals surface area contributed by atoms with Gasteiger partial charge in [-0.1, -0.05) is 25.7 Å². The van der Waals surface area contributed by atoms with Gasteiger partial charge in [0, 0.05) is 38.8 Å².